The molecule has 30 heavy (non-hydrogen) atoms. The smallest absolute Gasteiger partial charge is 0.319 e. The zero-order valence-corrected chi connectivity index (χ0v) is 16.0. The number of carbonyl (C=O) groups is 1. The van der Waals surface area contributed by atoms with Gasteiger partial charge in [-0.15, -0.1) is 0 Å². The summed E-state index contributed by atoms with van der Waals surface area (Å²) in [6, 6.07) is 15.5. The molecule has 3 aromatic rings. The second-order valence-electron chi connectivity index (χ2n) is 6.69. The summed E-state index contributed by atoms with van der Waals surface area (Å²) in [4.78, 5) is 20.5. The summed E-state index contributed by atoms with van der Waals surface area (Å²) in [5.74, 6) is 1.10. The van der Waals surface area contributed by atoms with E-state index in [2.05, 4.69) is 20.6 Å². The Morgan fingerprint density at radius 2 is 2.03 bits per heavy atom. The lowest BCUT2D eigenvalue weighted by Crippen LogP contribution is -2.39. The predicted octanol–water partition coefficient (Wildman–Crippen LogP) is 3.79. The third-order valence-electron chi connectivity index (χ3n) is 4.61. The molecule has 2 atom stereocenters. The number of benzene rings is 1. The van der Waals surface area contributed by atoms with Crippen molar-refractivity contribution >= 4 is 11.7 Å². The van der Waals surface area contributed by atoms with Gasteiger partial charge in [-0.2, -0.15) is 5.26 Å². The molecule has 0 bridgehead atoms. The number of rotatable bonds is 5. The fourth-order valence-corrected chi connectivity index (χ4v) is 3.22. The number of carbonyl (C=O) groups excluding carboxylic acids is 1. The van der Waals surface area contributed by atoms with Gasteiger partial charge in [0.05, 0.1) is 6.04 Å². The average Bonchev–Trinajstić information content (AvgIpc) is 3.24. The Balaban J connectivity index is 1.34. The van der Waals surface area contributed by atoms with E-state index in [0.717, 1.165) is 12.0 Å². The lowest BCUT2D eigenvalue weighted by molar-refractivity contribution is 0.100. The number of anilines is 1. The summed E-state index contributed by atoms with van der Waals surface area (Å²) < 4.78 is 11.5. The van der Waals surface area contributed by atoms with E-state index in [1.54, 1.807) is 48.8 Å². The van der Waals surface area contributed by atoms with Crippen LogP contribution >= 0.6 is 0 Å². The number of nitrogens with one attached hydrogen (secondary N) is 2. The van der Waals surface area contributed by atoms with Gasteiger partial charge in [-0.1, -0.05) is 6.07 Å². The zero-order chi connectivity index (χ0) is 20.8. The summed E-state index contributed by atoms with van der Waals surface area (Å²) in [6.45, 7) is 0.582. The fourth-order valence-electron chi connectivity index (χ4n) is 3.22. The van der Waals surface area contributed by atoms with Crippen LogP contribution in [0.2, 0.25) is 0 Å². The van der Waals surface area contributed by atoms with Crippen molar-refractivity contribution in [2.24, 2.45) is 0 Å². The largest absolute Gasteiger partial charge is 0.457 e. The molecular formula is C22H19N5O3. The third kappa shape index (κ3) is 4.71. The summed E-state index contributed by atoms with van der Waals surface area (Å²) in [5, 5.41) is 14.7. The van der Waals surface area contributed by atoms with Crippen LogP contribution in [0.4, 0.5) is 10.5 Å². The van der Waals surface area contributed by atoms with Gasteiger partial charge >= 0.3 is 6.03 Å². The maximum atomic E-state index is 12.4. The first-order valence-electron chi connectivity index (χ1n) is 9.44. The highest BCUT2D eigenvalue weighted by Gasteiger charge is 2.31. The molecule has 0 aliphatic carbocycles. The van der Waals surface area contributed by atoms with Crippen molar-refractivity contribution in [1.82, 2.24) is 15.3 Å². The van der Waals surface area contributed by atoms with Crippen LogP contribution in [-0.2, 0) is 4.74 Å². The molecule has 2 aromatic heterocycles. The molecule has 1 saturated heterocycles. The van der Waals surface area contributed by atoms with Crippen LogP contribution in [0.15, 0.2) is 67.1 Å². The minimum absolute atomic E-state index is 0.127. The highest BCUT2D eigenvalue weighted by atomic mass is 16.5. The van der Waals surface area contributed by atoms with Crippen molar-refractivity contribution < 1.29 is 14.3 Å². The molecule has 0 spiro atoms. The van der Waals surface area contributed by atoms with Gasteiger partial charge in [-0.3, -0.25) is 4.98 Å². The molecule has 1 aliphatic rings. The maximum absolute atomic E-state index is 12.4. The average molecular weight is 401 g/mol. The van der Waals surface area contributed by atoms with Crippen LogP contribution in [0.25, 0.3) is 0 Å². The van der Waals surface area contributed by atoms with Gasteiger partial charge in [-0.25, -0.2) is 9.78 Å². The Hall–Kier alpha value is -3.96. The number of nitriles is 1. The quantitative estimate of drug-likeness (QED) is 0.673. The topological polar surface area (TPSA) is 109 Å². The highest BCUT2D eigenvalue weighted by molar-refractivity contribution is 5.89. The first-order valence-corrected chi connectivity index (χ1v) is 9.44. The van der Waals surface area contributed by atoms with Crippen molar-refractivity contribution in [3.05, 3.63) is 78.4 Å². The van der Waals surface area contributed by atoms with Crippen LogP contribution in [0.1, 0.15) is 23.8 Å². The maximum Gasteiger partial charge on any atom is 0.319 e. The molecule has 8 heteroatoms. The van der Waals surface area contributed by atoms with Gasteiger partial charge < -0.3 is 20.1 Å². The molecular weight excluding hydrogens is 382 g/mol. The van der Waals surface area contributed by atoms with E-state index in [1.807, 2.05) is 18.2 Å². The lowest BCUT2D eigenvalue weighted by Gasteiger charge is -2.20. The summed E-state index contributed by atoms with van der Waals surface area (Å²) in [6.07, 6.45) is 5.50. The lowest BCUT2D eigenvalue weighted by atomic mass is 10.0. The van der Waals surface area contributed by atoms with Gasteiger partial charge in [0.15, 0.2) is 0 Å². The molecule has 0 saturated carbocycles. The molecule has 0 unspecified atom stereocenters. The molecule has 1 aromatic carbocycles. The minimum Gasteiger partial charge on any atom is -0.457 e. The molecule has 8 nitrogen and oxygen atoms in total. The number of aromatic nitrogens is 2. The summed E-state index contributed by atoms with van der Waals surface area (Å²) in [7, 11) is 0. The zero-order valence-electron chi connectivity index (χ0n) is 16.0. The van der Waals surface area contributed by atoms with Crippen LogP contribution in [0, 0.1) is 11.3 Å². The Bertz CT molecular complexity index is 1050. The van der Waals surface area contributed by atoms with E-state index in [4.69, 9.17) is 14.7 Å². The number of pyridine rings is 2. The second kappa shape index (κ2) is 9.03. The van der Waals surface area contributed by atoms with Crippen molar-refractivity contribution in [3.8, 4) is 17.6 Å². The van der Waals surface area contributed by atoms with E-state index < -0.39 is 0 Å². The minimum atomic E-state index is -0.305. The number of amides is 2. The van der Waals surface area contributed by atoms with Crippen molar-refractivity contribution in [2.75, 3.05) is 11.9 Å². The molecule has 1 aliphatic heterocycles. The molecule has 4 rings (SSSR count). The van der Waals surface area contributed by atoms with E-state index >= 15 is 0 Å². The molecule has 3 heterocycles. The normalized spacial score (nSPS) is 17.7. The van der Waals surface area contributed by atoms with Crippen molar-refractivity contribution in [3.63, 3.8) is 0 Å². The number of urea groups is 1. The predicted molar refractivity (Wildman–Crippen MR) is 109 cm³/mol. The van der Waals surface area contributed by atoms with E-state index in [-0.39, 0.29) is 23.9 Å². The Morgan fingerprint density at radius 3 is 2.80 bits per heavy atom. The van der Waals surface area contributed by atoms with Crippen LogP contribution in [0.3, 0.4) is 0 Å². The first kappa shape index (κ1) is 19.4. The summed E-state index contributed by atoms with van der Waals surface area (Å²) in [5.41, 5.74) is 1.85. The summed E-state index contributed by atoms with van der Waals surface area (Å²) >= 11 is 0. The van der Waals surface area contributed by atoms with E-state index in [0.29, 0.717) is 23.8 Å². The molecule has 150 valence electrons. The Kier molecular flexibility index (Phi) is 5.83. The molecule has 0 radical (unpaired) electrons. The number of hydrogen-bond donors (Lipinski definition) is 2. The molecule has 2 N–H and O–H groups in total. The second-order valence-corrected chi connectivity index (χ2v) is 6.69. The highest BCUT2D eigenvalue weighted by Crippen LogP contribution is 2.29. The molecule has 1 fully saturated rings. The van der Waals surface area contributed by atoms with Crippen LogP contribution in [0.5, 0.6) is 11.5 Å². The third-order valence-corrected chi connectivity index (χ3v) is 4.61. The first-order chi connectivity index (χ1) is 14.7. The van der Waals surface area contributed by atoms with Gasteiger partial charge in [0.1, 0.15) is 29.4 Å². The van der Waals surface area contributed by atoms with Crippen molar-refractivity contribution in [1.29, 1.82) is 5.26 Å². The van der Waals surface area contributed by atoms with Crippen LogP contribution in [-0.4, -0.2) is 28.6 Å². The monoisotopic (exact) mass is 401 g/mol. The van der Waals surface area contributed by atoms with Gasteiger partial charge in [-0.05, 0) is 42.8 Å². The Morgan fingerprint density at radius 1 is 1.17 bits per heavy atom. The number of ether oxygens (including phenoxy) is 2. The van der Waals surface area contributed by atoms with E-state index in [9.17, 15) is 4.79 Å². The standard InChI is InChI=1S/C22H19N5O3/c23-13-17-12-19(7-10-25-17)30-18-5-3-16(4-6-18)26-22(28)27-20-8-11-29-21(20)15-2-1-9-24-14-15/h1-7,9-10,12,14,20-21H,8,11H2,(H2,26,27,28)/t20-,21+/m1/s1. The van der Waals surface area contributed by atoms with Crippen LogP contribution < -0.4 is 15.4 Å². The SMILES string of the molecule is N#Cc1cc(Oc2ccc(NC(=O)N[C@@H]3CCO[C@H]3c3cccnc3)cc2)ccn1. The van der Waals surface area contributed by atoms with Gasteiger partial charge in [0.25, 0.3) is 0 Å². The molecule has 2 amide bonds. The van der Waals surface area contributed by atoms with Gasteiger partial charge in [0, 0.05) is 42.5 Å². The van der Waals surface area contributed by atoms with E-state index in [1.165, 1.54) is 6.20 Å². The van der Waals surface area contributed by atoms with Crippen molar-refractivity contribution in [2.45, 2.75) is 18.6 Å². The Labute approximate surface area is 173 Å². The fraction of sp³-hybridized carbons (Fsp3) is 0.182. The number of nitrogens with zero attached hydrogens (tertiary/aromatic N) is 3. The number of hydrogen-bond acceptors (Lipinski definition) is 6. The van der Waals surface area contributed by atoms with Gasteiger partial charge in [0.2, 0.25) is 0 Å².